The number of rotatable bonds is 7. The lowest BCUT2D eigenvalue weighted by Gasteiger charge is -2.10. The summed E-state index contributed by atoms with van der Waals surface area (Å²) < 4.78 is 5.34. The molecule has 0 saturated carbocycles. The fourth-order valence-electron chi connectivity index (χ4n) is 2.38. The number of thiophene rings is 1. The van der Waals surface area contributed by atoms with Gasteiger partial charge < -0.3 is 15.4 Å². The maximum absolute atomic E-state index is 12.0. The highest BCUT2D eigenvalue weighted by atomic mass is 32.1. The van der Waals surface area contributed by atoms with E-state index in [0.717, 1.165) is 21.9 Å². The molecule has 0 saturated heterocycles. The maximum Gasteiger partial charge on any atom is 0.230 e. The number of pyridine rings is 1. The number of methoxy groups -OCH3 is 1. The number of nitrogens with one attached hydrogen (secondary N) is 2. The molecule has 0 atom stereocenters. The molecular formula is C19H19N3O2S. The van der Waals surface area contributed by atoms with Gasteiger partial charge in [0.2, 0.25) is 5.91 Å². The minimum Gasteiger partial charge on any atom is -0.496 e. The van der Waals surface area contributed by atoms with Crippen LogP contribution in [-0.4, -0.2) is 18.0 Å². The number of carbonyl (C=O) groups is 1. The van der Waals surface area contributed by atoms with E-state index in [1.165, 1.54) is 0 Å². The van der Waals surface area contributed by atoms with Crippen LogP contribution in [0.25, 0.3) is 0 Å². The molecule has 0 bridgehead atoms. The first-order valence-corrected chi connectivity index (χ1v) is 8.76. The van der Waals surface area contributed by atoms with Crippen molar-refractivity contribution in [2.45, 2.75) is 13.0 Å². The second-order valence-electron chi connectivity index (χ2n) is 5.40. The lowest BCUT2D eigenvalue weighted by molar-refractivity contribution is -0.115. The van der Waals surface area contributed by atoms with Crippen LogP contribution >= 0.6 is 11.3 Å². The van der Waals surface area contributed by atoms with Gasteiger partial charge in [0.1, 0.15) is 11.6 Å². The fourth-order valence-corrected chi connectivity index (χ4v) is 3.08. The molecule has 0 spiro atoms. The highest BCUT2D eigenvalue weighted by molar-refractivity contribution is 7.10. The molecular weight excluding hydrogens is 334 g/mol. The zero-order chi connectivity index (χ0) is 17.5. The molecule has 2 aromatic heterocycles. The first-order valence-electron chi connectivity index (χ1n) is 7.88. The van der Waals surface area contributed by atoms with Gasteiger partial charge in [-0.05, 0) is 29.6 Å². The molecule has 3 aromatic rings. The highest BCUT2D eigenvalue weighted by Gasteiger charge is 2.06. The summed E-state index contributed by atoms with van der Waals surface area (Å²) in [5.41, 5.74) is 1.94. The number of ether oxygens (including phenoxy) is 1. The standard InChI is InChI=1S/C19H19N3O2S/c1-24-17-7-3-2-5-14(17)12-20-15-8-9-18(21-13-15)22-19(23)11-16-6-4-10-25-16/h2-10,13,20H,11-12H2,1H3,(H,21,22,23). The lowest BCUT2D eigenvalue weighted by Crippen LogP contribution is -2.14. The Hall–Kier alpha value is -2.86. The van der Waals surface area contributed by atoms with Crippen molar-refractivity contribution in [3.8, 4) is 5.75 Å². The third-order valence-corrected chi connectivity index (χ3v) is 4.50. The second-order valence-corrected chi connectivity index (χ2v) is 6.43. The van der Waals surface area contributed by atoms with Crippen molar-refractivity contribution in [1.82, 2.24) is 4.98 Å². The Labute approximate surface area is 150 Å². The molecule has 2 heterocycles. The fraction of sp³-hybridized carbons (Fsp3) is 0.158. The minimum absolute atomic E-state index is 0.0651. The van der Waals surface area contributed by atoms with E-state index in [-0.39, 0.29) is 5.91 Å². The highest BCUT2D eigenvalue weighted by Crippen LogP contribution is 2.19. The average Bonchev–Trinajstić information content (AvgIpc) is 3.14. The van der Waals surface area contributed by atoms with Crippen molar-refractivity contribution in [3.05, 3.63) is 70.5 Å². The van der Waals surface area contributed by atoms with E-state index in [9.17, 15) is 4.79 Å². The number of amides is 1. The Bertz CT molecular complexity index is 817. The Morgan fingerprint density at radius 3 is 2.76 bits per heavy atom. The number of aromatic nitrogens is 1. The van der Waals surface area contributed by atoms with Crippen LogP contribution in [0.2, 0.25) is 0 Å². The first-order chi connectivity index (χ1) is 12.2. The van der Waals surface area contributed by atoms with Gasteiger partial charge in [0.25, 0.3) is 0 Å². The largest absolute Gasteiger partial charge is 0.496 e. The van der Waals surface area contributed by atoms with Crippen molar-refractivity contribution < 1.29 is 9.53 Å². The summed E-state index contributed by atoms with van der Waals surface area (Å²) in [7, 11) is 1.66. The van der Waals surface area contributed by atoms with Gasteiger partial charge in [0, 0.05) is 17.0 Å². The minimum atomic E-state index is -0.0651. The van der Waals surface area contributed by atoms with Crippen LogP contribution in [0.5, 0.6) is 5.75 Å². The van der Waals surface area contributed by atoms with Gasteiger partial charge in [-0.25, -0.2) is 4.98 Å². The van der Waals surface area contributed by atoms with E-state index in [1.54, 1.807) is 30.7 Å². The smallest absolute Gasteiger partial charge is 0.230 e. The summed E-state index contributed by atoms with van der Waals surface area (Å²) in [5, 5.41) is 8.07. The second kappa shape index (κ2) is 8.30. The Morgan fingerprint density at radius 1 is 1.16 bits per heavy atom. The van der Waals surface area contributed by atoms with Crippen molar-refractivity contribution >= 4 is 28.7 Å². The van der Waals surface area contributed by atoms with Gasteiger partial charge in [-0.2, -0.15) is 0 Å². The molecule has 6 heteroatoms. The van der Waals surface area contributed by atoms with Crippen LogP contribution in [0.3, 0.4) is 0 Å². The number of hydrogen-bond acceptors (Lipinski definition) is 5. The average molecular weight is 353 g/mol. The molecule has 1 aromatic carbocycles. The predicted octanol–water partition coefficient (Wildman–Crippen LogP) is 3.95. The van der Waals surface area contributed by atoms with Crippen molar-refractivity contribution in [2.24, 2.45) is 0 Å². The van der Waals surface area contributed by atoms with Crippen molar-refractivity contribution in [2.75, 3.05) is 17.7 Å². The Morgan fingerprint density at radius 2 is 2.04 bits per heavy atom. The quantitative estimate of drug-likeness (QED) is 0.675. The number of anilines is 2. The molecule has 128 valence electrons. The van der Waals surface area contributed by atoms with E-state index in [0.29, 0.717) is 18.8 Å². The van der Waals surface area contributed by atoms with E-state index in [2.05, 4.69) is 15.6 Å². The van der Waals surface area contributed by atoms with E-state index >= 15 is 0 Å². The number of carbonyl (C=O) groups excluding carboxylic acids is 1. The Kier molecular flexibility index (Phi) is 5.64. The molecule has 0 aliphatic carbocycles. The SMILES string of the molecule is COc1ccccc1CNc1ccc(NC(=O)Cc2cccs2)nc1. The molecule has 0 fully saturated rings. The topological polar surface area (TPSA) is 63.2 Å². The molecule has 1 amide bonds. The summed E-state index contributed by atoms with van der Waals surface area (Å²) in [5.74, 6) is 1.33. The summed E-state index contributed by atoms with van der Waals surface area (Å²) >= 11 is 1.57. The van der Waals surface area contributed by atoms with Crippen LogP contribution in [0, 0.1) is 0 Å². The number of hydrogen-bond donors (Lipinski definition) is 2. The molecule has 0 unspecified atom stereocenters. The molecule has 3 rings (SSSR count). The van der Waals surface area contributed by atoms with Crippen LogP contribution < -0.4 is 15.4 Å². The molecule has 2 N–H and O–H groups in total. The lowest BCUT2D eigenvalue weighted by atomic mass is 10.2. The molecule has 5 nitrogen and oxygen atoms in total. The zero-order valence-electron chi connectivity index (χ0n) is 13.9. The van der Waals surface area contributed by atoms with Gasteiger partial charge in [0.15, 0.2) is 0 Å². The van der Waals surface area contributed by atoms with Gasteiger partial charge in [0.05, 0.1) is 25.4 Å². The molecule has 0 aliphatic heterocycles. The summed E-state index contributed by atoms with van der Waals surface area (Å²) in [6, 6.07) is 15.4. The van der Waals surface area contributed by atoms with Gasteiger partial charge in [-0.1, -0.05) is 24.3 Å². The zero-order valence-corrected chi connectivity index (χ0v) is 14.7. The van der Waals surface area contributed by atoms with Gasteiger partial charge >= 0.3 is 0 Å². The normalized spacial score (nSPS) is 10.3. The van der Waals surface area contributed by atoms with E-state index in [1.807, 2.05) is 47.8 Å². The summed E-state index contributed by atoms with van der Waals surface area (Å²) in [4.78, 5) is 17.3. The molecule has 0 aliphatic rings. The first kappa shape index (κ1) is 17.0. The van der Waals surface area contributed by atoms with Crippen LogP contribution in [0.4, 0.5) is 11.5 Å². The van der Waals surface area contributed by atoms with Crippen molar-refractivity contribution in [1.29, 1.82) is 0 Å². The number of benzene rings is 1. The predicted molar refractivity (Wildman–Crippen MR) is 101 cm³/mol. The number of para-hydroxylation sites is 1. The Balaban J connectivity index is 1.54. The van der Waals surface area contributed by atoms with E-state index < -0.39 is 0 Å². The van der Waals surface area contributed by atoms with Crippen LogP contribution in [0.1, 0.15) is 10.4 Å². The monoisotopic (exact) mass is 353 g/mol. The van der Waals surface area contributed by atoms with Crippen LogP contribution in [-0.2, 0) is 17.8 Å². The summed E-state index contributed by atoms with van der Waals surface area (Å²) in [6.07, 6.45) is 2.07. The molecule has 0 radical (unpaired) electrons. The number of nitrogens with zero attached hydrogens (tertiary/aromatic N) is 1. The van der Waals surface area contributed by atoms with Gasteiger partial charge in [-0.15, -0.1) is 11.3 Å². The van der Waals surface area contributed by atoms with Crippen LogP contribution in [0.15, 0.2) is 60.1 Å². The van der Waals surface area contributed by atoms with Gasteiger partial charge in [-0.3, -0.25) is 4.79 Å². The summed E-state index contributed by atoms with van der Waals surface area (Å²) in [6.45, 7) is 0.635. The molecule has 25 heavy (non-hydrogen) atoms. The maximum atomic E-state index is 12.0. The van der Waals surface area contributed by atoms with E-state index in [4.69, 9.17) is 4.74 Å². The van der Waals surface area contributed by atoms with Crippen molar-refractivity contribution in [3.63, 3.8) is 0 Å². The third kappa shape index (κ3) is 4.81. The third-order valence-electron chi connectivity index (χ3n) is 3.62.